The molecule has 8 unspecified atom stereocenters. The summed E-state index contributed by atoms with van der Waals surface area (Å²) in [4.78, 5) is 0. The van der Waals surface area contributed by atoms with Gasteiger partial charge in [0.15, 0.2) is 0 Å². The van der Waals surface area contributed by atoms with E-state index in [1.54, 1.807) is 0 Å². The molecule has 3 fully saturated rings. The molecule has 3 aliphatic rings. The molecule has 0 heteroatoms. The molecule has 0 aromatic rings. The molecule has 0 aromatic heterocycles. The van der Waals surface area contributed by atoms with Crippen LogP contribution in [0.15, 0.2) is 36.5 Å². The first-order valence-corrected chi connectivity index (χ1v) is 11.6. The number of hydrogen-bond donors (Lipinski definition) is 0. The Morgan fingerprint density at radius 3 is 2.44 bits per heavy atom. The Labute approximate surface area is 169 Å². The van der Waals surface area contributed by atoms with Crippen LogP contribution in [0, 0.1) is 46.3 Å². The maximum absolute atomic E-state index is 4.60. The van der Waals surface area contributed by atoms with Gasteiger partial charge in [0.25, 0.3) is 0 Å². The van der Waals surface area contributed by atoms with E-state index in [9.17, 15) is 0 Å². The van der Waals surface area contributed by atoms with E-state index in [0.29, 0.717) is 10.8 Å². The molecule has 3 rings (SSSR count). The van der Waals surface area contributed by atoms with Gasteiger partial charge in [-0.05, 0) is 98.2 Å². The molecule has 152 valence electrons. The van der Waals surface area contributed by atoms with Gasteiger partial charge < -0.3 is 0 Å². The molecule has 0 nitrogen and oxygen atoms in total. The second kappa shape index (κ2) is 7.23. The van der Waals surface area contributed by atoms with Crippen molar-refractivity contribution in [3.05, 3.63) is 36.5 Å². The zero-order valence-electron chi connectivity index (χ0n) is 19.0. The van der Waals surface area contributed by atoms with Crippen molar-refractivity contribution in [1.29, 1.82) is 0 Å². The molecule has 0 spiro atoms. The van der Waals surface area contributed by atoms with Gasteiger partial charge in [-0.15, -0.1) is 6.58 Å². The van der Waals surface area contributed by atoms with Gasteiger partial charge in [-0.2, -0.15) is 0 Å². The molecule has 8 atom stereocenters. The highest BCUT2D eigenvalue weighted by atomic mass is 14.7. The van der Waals surface area contributed by atoms with Gasteiger partial charge in [0.2, 0.25) is 0 Å². The van der Waals surface area contributed by atoms with Crippen LogP contribution in [0.5, 0.6) is 0 Å². The summed E-state index contributed by atoms with van der Waals surface area (Å²) in [5.74, 6) is 4.86. The Morgan fingerprint density at radius 1 is 1.19 bits per heavy atom. The highest BCUT2D eigenvalue weighted by molar-refractivity contribution is 5.22. The van der Waals surface area contributed by atoms with E-state index in [4.69, 9.17) is 0 Å². The molecule has 0 N–H and O–H groups in total. The van der Waals surface area contributed by atoms with Gasteiger partial charge in [-0.3, -0.25) is 0 Å². The zero-order chi connectivity index (χ0) is 20.1. The number of hydrogen-bond acceptors (Lipinski definition) is 0. The first-order valence-electron chi connectivity index (χ1n) is 11.6. The van der Waals surface area contributed by atoms with Crippen molar-refractivity contribution >= 4 is 0 Å². The SMILES string of the molecule is C=C(C)CCC1(C)C(=C)CCC2C1C(C)CC1(C)C(C)C(C(=C)CC)CC21. The Morgan fingerprint density at radius 2 is 1.85 bits per heavy atom. The van der Waals surface area contributed by atoms with Crippen molar-refractivity contribution in [2.75, 3.05) is 0 Å². The topological polar surface area (TPSA) is 0 Å². The van der Waals surface area contributed by atoms with Crippen LogP contribution in [-0.2, 0) is 0 Å². The molecule has 0 bridgehead atoms. The molecule has 3 aliphatic carbocycles. The molecule has 0 aliphatic heterocycles. The standard InChI is InChI=1S/C27H44/c1-10-18(4)23-15-24-22-12-11-20(6)26(8,14-13-17(2)3)25(22)19(5)16-27(24,9)21(23)7/h19,21-25H,2,4,6,10-16H2,1,3,5,7-9H3. The fraction of sp³-hybridized carbons (Fsp3) is 0.778. The highest BCUT2D eigenvalue weighted by Crippen LogP contribution is 2.69. The fourth-order valence-electron chi connectivity index (χ4n) is 7.98. The largest absolute Gasteiger partial charge is 0.100 e. The maximum Gasteiger partial charge on any atom is -0.00825 e. The summed E-state index contributed by atoms with van der Waals surface area (Å²) in [6.07, 6.45) is 8.94. The molecular formula is C27H44. The lowest BCUT2D eigenvalue weighted by Gasteiger charge is -2.60. The summed E-state index contributed by atoms with van der Waals surface area (Å²) in [5.41, 5.74) is 5.16. The Balaban J connectivity index is 1.95. The van der Waals surface area contributed by atoms with Crippen LogP contribution in [0.25, 0.3) is 0 Å². The molecule has 0 heterocycles. The minimum Gasteiger partial charge on any atom is -0.100 e. The monoisotopic (exact) mass is 368 g/mol. The minimum atomic E-state index is 0.297. The van der Waals surface area contributed by atoms with Crippen LogP contribution in [-0.4, -0.2) is 0 Å². The third kappa shape index (κ3) is 3.20. The Bertz CT molecular complexity index is 624. The molecule has 3 saturated carbocycles. The van der Waals surface area contributed by atoms with Gasteiger partial charge in [-0.25, -0.2) is 0 Å². The molecule has 27 heavy (non-hydrogen) atoms. The summed E-state index contributed by atoms with van der Waals surface area (Å²) in [6.45, 7) is 28.0. The third-order valence-corrected chi connectivity index (χ3v) is 9.72. The normalized spacial score (nSPS) is 46.7. The molecule has 0 saturated heterocycles. The quantitative estimate of drug-likeness (QED) is 0.429. The Kier molecular flexibility index (Phi) is 5.61. The summed E-state index contributed by atoms with van der Waals surface area (Å²) < 4.78 is 0. The van der Waals surface area contributed by atoms with Crippen LogP contribution in [0.4, 0.5) is 0 Å². The lowest BCUT2D eigenvalue weighted by molar-refractivity contribution is -0.0812. The van der Waals surface area contributed by atoms with E-state index in [0.717, 1.165) is 48.3 Å². The second-order valence-corrected chi connectivity index (χ2v) is 11.1. The number of rotatable bonds is 5. The average Bonchev–Trinajstić information content (AvgIpc) is 2.87. The average molecular weight is 369 g/mol. The molecule has 0 amide bonds. The third-order valence-electron chi connectivity index (χ3n) is 9.72. The van der Waals surface area contributed by atoms with Crippen molar-refractivity contribution in [2.24, 2.45) is 46.3 Å². The lowest BCUT2D eigenvalue weighted by atomic mass is 9.45. The first-order chi connectivity index (χ1) is 12.6. The second-order valence-electron chi connectivity index (χ2n) is 11.1. The summed E-state index contributed by atoms with van der Waals surface area (Å²) >= 11 is 0. The zero-order valence-corrected chi connectivity index (χ0v) is 19.0. The predicted molar refractivity (Wildman–Crippen MR) is 120 cm³/mol. The number of fused-ring (bicyclic) bond motifs is 3. The van der Waals surface area contributed by atoms with Gasteiger partial charge >= 0.3 is 0 Å². The van der Waals surface area contributed by atoms with Crippen LogP contribution < -0.4 is 0 Å². The fourth-order valence-corrected chi connectivity index (χ4v) is 7.98. The van der Waals surface area contributed by atoms with E-state index in [1.807, 2.05) is 0 Å². The number of allylic oxidation sites excluding steroid dienone is 3. The van der Waals surface area contributed by atoms with Gasteiger partial charge in [0.1, 0.15) is 0 Å². The van der Waals surface area contributed by atoms with Crippen LogP contribution >= 0.6 is 0 Å². The van der Waals surface area contributed by atoms with Crippen molar-refractivity contribution in [3.8, 4) is 0 Å². The summed E-state index contributed by atoms with van der Waals surface area (Å²) in [6, 6.07) is 0. The minimum absolute atomic E-state index is 0.297. The summed E-state index contributed by atoms with van der Waals surface area (Å²) in [5, 5.41) is 0. The van der Waals surface area contributed by atoms with Crippen molar-refractivity contribution in [1.82, 2.24) is 0 Å². The van der Waals surface area contributed by atoms with Crippen molar-refractivity contribution in [2.45, 2.75) is 86.5 Å². The Hall–Kier alpha value is -0.780. The van der Waals surface area contributed by atoms with E-state index in [1.165, 1.54) is 48.8 Å². The van der Waals surface area contributed by atoms with Crippen LogP contribution in [0.2, 0.25) is 0 Å². The van der Waals surface area contributed by atoms with Gasteiger partial charge in [-0.1, -0.05) is 64.5 Å². The molecular weight excluding hydrogens is 324 g/mol. The van der Waals surface area contributed by atoms with E-state index in [2.05, 4.69) is 61.3 Å². The molecule has 0 radical (unpaired) electrons. The van der Waals surface area contributed by atoms with E-state index in [-0.39, 0.29) is 0 Å². The van der Waals surface area contributed by atoms with Gasteiger partial charge in [0, 0.05) is 0 Å². The van der Waals surface area contributed by atoms with Gasteiger partial charge in [0.05, 0.1) is 0 Å². The predicted octanol–water partition coefficient (Wildman–Crippen LogP) is 8.22. The first kappa shape index (κ1) is 20.9. The van der Waals surface area contributed by atoms with E-state index < -0.39 is 0 Å². The van der Waals surface area contributed by atoms with Crippen LogP contribution in [0.1, 0.15) is 86.5 Å². The smallest absolute Gasteiger partial charge is 0.00825 e. The van der Waals surface area contributed by atoms with Crippen molar-refractivity contribution in [3.63, 3.8) is 0 Å². The van der Waals surface area contributed by atoms with Crippen LogP contribution in [0.3, 0.4) is 0 Å². The van der Waals surface area contributed by atoms with Crippen molar-refractivity contribution < 1.29 is 0 Å². The lowest BCUT2D eigenvalue weighted by Crippen LogP contribution is -2.52. The highest BCUT2D eigenvalue weighted by Gasteiger charge is 2.61. The maximum atomic E-state index is 4.60. The van der Waals surface area contributed by atoms with E-state index >= 15 is 0 Å². The molecule has 0 aromatic carbocycles. The summed E-state index contributed by atoms with van der Waals surface area (Å²) in [7, 11) is 0.